The van der Waals surface area contributed by atoms with Crippen LogP contribution in [-0.4, -0.2) is 27.1 Å². The van der Waals surface area contributed by atoms with Crippen LogP contribution in [0.3, 0.4) is 0 Å². The standard InChI is InChI=1S/C19H21ClN2O2S2/c1-3-22-18(24)14(10-21-22)17(23)13-9-15(20)12-5-4-6-19(16(12)11(13)2)25-7-8-26-19/h9-10,21H,3-8H2,1-2H3. The molecule has 1 aliphatic carbocycles. The number of aromatic nitrogens is 2. The second-order valence-corrected chi connectivity index (χ2v) is 10.2. The number of carbonyl (C=O) groups is 1. The van der Waals surface area contributed by atoms with Crippen LogP contribution in [0.2, 0.25) is 5.02 Å². The van der Waals surface area contributed by atoms with E-state index in [1.807, 2.05) is 37.4 Å². The van der Waals surface area contributed by atoms with Crippen LogP contribution in [0.4, 0.5) is 0 Å². The van der Waals surface area contributed by atoms with Crippen molar-refractivity contribution >= 4 is 40.9 Å². The molecule has 2 aromatic rings. The quantitative estimate of drug-likeness (QED) is 0.766. The Kier molecular flexibility index (Phi) is 4.78. The monoisotopic (exact) mass is 408 g/mol. The number of fused-ring (bicyclic) bond motifs is 2. The van der Waals surface area contributed by atoms with Crippen molar-refractivity contribution in [3.63, 3.8) is 0 Å². The third kappa shape index (κ3) is 2.69. The van der Waals surface area contributed by atoms with Crippen LogP contribution >= 0.6 is 35.1 Å². The number of thioether (sulfide) groups is 2. The molecule has 26 heavy (non-hydrogen) atoms. The van der Waals surface area contributed by atoms with Gasteiger partial charge in [-0.1, -0.05) is 11.6 Å². The van der Waals surface area contributed by atoms with Gasteiger partial charge < -0.3 is 5.10 Å². The van der Waals surface area contributed by atoms with Crippen LogP contribution in [0.5, 0.6) is 0 Å². The van der Waals surface area contributed by atoms with Gasteiger partial charge in [0, 0.05) is 34.8 Å². The number of H-pyrrole nitrogens is 1. The summed E-state index contributed by atoms with van der Waals surface area (Å²) in [5.74, 6) is 2.01. The third-order valence-electron chi connectivity index (χ3n) is 5.35. The predicted molar refractivity (Wildman–Crippen MR) is 110 cm³/mol. The molecule has 1 aliphatic heterocycles. The number of benzene rings is 1. The molecule has 1 aromatic heterocycles. The van der Waals surface area contributed by atoms with Gasteiger partial charge >= 0.3 is 0 Å². The van der Waals surface area contributed by atoms with Crippen molar-refractivity contribution in [2.45, 2.75) is 43.7 Å². The molecule has 1 fully saturated rings. The molecule has 1 aromatic carbocycles. The summed E-state index contributed by atoms with van der Waals surface area (Å²) in [4.78, 5) is 25.6. The van der Waals surface area contributed by atoms with E-state index < -0.39 is 0 Å². The molecule has 138 valence electrons. The van der Waals surface area contributed by atoms with Gasteiger partial charge in [0.2, 0.25) is 5.78 Å². The number of rotatable bonds is 3. The van der Waals surface area contributed by atoms with E-state index in [9.17, 15) is 9.59 Å². The Morgan fingerprint density at radius 1 is 1.35 bits per heavy atom. The summed E-state index contributed by atoms with van der Waals surface area (Å²) in [7, 11) is 0. The second-order valence-electron chi connectivity index (χ2n) is 6.75. The zero-order valence-corrected chi connectivity index (χ0v) is 17.2. The Labute approximate surface area is 166 Å². The van der Waals surface area contributed by atoms with E-state index in [1.54, 1.807) is 6.07 Å². The van der Waals surface area contributed by atoms with Crippen LogP contribution in [-0.2, 0) is 17.0 Å². The molecule has 4 rings (SSSR count). The van der Waals surface area contributed by atoms with E-state index >= 15 is 0 Å². The van der Waals surface area contributed by atoms with Gasteiger partial charge in [-0.05, 0) is 55.9 Å². The Morgan fingerprint density at radius 3 is 2.73 bits per heavy atom. The molecule has 4 nitrogen and oxygen atoms in total. The highest BCUT2D eigenvalue weighted by Gasteiger charge is 2.43. The number of nitrogens with zero attached hydrogens (tertiary/aromatic N) is 1. The van der Waals surface area contributed by atoms with Crippen molar-refractivity contribution in [2.24, 2.45) is 0 Å². The van der Waals surface area contributed by atoms with E-state index in [2.05, 4.69) is 5.10 Å². The van der Waals surface area contributed by atoms with Crippen molar-refractivity contribution < 1.29 is 4.79 Å². The molecule has 7 heteroatoms. The molecule has 1 spiro atoms. The molecule has 0 atom stereocenters. The molecule has 0 bridgehead atoms. The first kappa shape index (κ1) is 18.3. The van der Waals surface area contributed by atoms with Crippen LogP contribution in [0.15, 0.2) is 17.1 Å². The highest BCUT2D eigenvalue weighted by molar-refractivity contribution is 8.20. The maximum atomic E-state index is 13.2. The number of aryl methyl sites for hydroxylation is 1. The normalized spacial score (nSPS) is 18.3. The van der Waals surface area contributed by atoms with Crippen LogP contribution in [0.1, 0.15) is 52.4 Å². The van der Waals surface area contributed by atoms with Crippen molar-refractivity contribution in [1.82, 2.24) is 9.78 Å². The lowest BCUT2D eigenvalue weighted by molar-refractivity contribution is 0.103. The summed E-state index contributed by atoms with van der Waals surface area (Å²) in [5.41, 5.74) is 3.88. The molecule has 0 amide bonds. The van der Waals surface area contributed by atoms with Gasteiger partial charge in [-0.25, -0.2) is 0 Å². The minimum atomic E-state index is -0.273. The Bertz CT molecular complexity index is 942. The number of ketones is 1. The molecular formula is C19H21ClN2O2S2. The molecule has 1 N–H and O–H groups in total. The number of hydrogen-bond donors (Lipinski definition) is 1. The summed E-state index contributed by atoms with van der Waals surface area (Å²) in [6.07, 6.45) is 4.70. The van der Waals surface area contributed by atoms with Crippen LogP contribution in [0.25, 0.3) is 0 Å². The van der Waals surface area contributed by atoms with E-state index in [0.717, 1.165) is 36.3 Å². The fourth-order valence-corrected chi connectivity index (χ4v) is 7.99. The summed E-state index contributed by atoms with van der Waals surface area (Å²) < 4.78 is 1.45. The van der Waals surface area contributed by atoms with Gasteiger partial charge in [0.1, 0.15) is 5.56 Å². The third-order valence-corrected chi connectivity index (χ3v) is 9.22. The molecule has 0 unspecified atom stereocenters. The average Bonchev–Trinajstić information content (AvgIpc) is 3.24. The first-order valence-corrected chi connectivity index (χ1v) is 11.3. The fraction of sp³-hybridized carbons (Fsp3) is 0.474. The van der Waals surface area contributed by atoms with Crippen molar-refractivity contribution in [1.29, 1.82) is 0 Å². The van der Waals surface area contributed by atoms with Crippen LogP contribution in [0, 0.1) is 6.92 Å². The van der Waals surface area contributed by atoms with Crippen LogP contribution < -0.4 is 5.56 Å². The fourth-order valence-electron chi connectivity index (χ4n) is 4.12. The van der Waals surface area contributed by atoms with Crippen molar-refractivity contribution in [3.8, 4) is 0 Å². The van der Waals surface area contributed by atoms with Gasteiger partial charge in [0.25, 0.3) is 5.56 Å². The Hall–Kier alpha value is -1.11. The molecule has 0 saturated carbocycles. The number of carbonyl (C=O) groups excluding carboxylic acids is 1. The van der Waals surface area contributed by atoms with Gasteiger partial charge in [-0.15, -0.1) is 23.5 Å². The summed E-state index contributed by atoms with van der Waals surface area (Å²) in [6.45, 7) is 4.39. The lowest BCUT2D eigenvalue weighted by Crippen LogP contribution is -2.26. The molecular weight excluding hydrogens is 388 g/mol. The molecule has 2 heterocycles. The molecule has 1 saturated heterocycles. The topological polar surface area (TPSA) is 54.9 Å². The van der Waals surface area contributed by atoms with E-state index in [0.29, 0.717) is 17.1 Å². The SMILES string of the molecule is CCn1[nH]cc(C(=O)c2cc(Cl)c3c(c2C)C2(CCC3)SCCS2)c1=O. The smallest absolute Gasteiger partial charge is 0.277 e. The van der Waals surface area contributed by atoms with Gasteiger partial charge in [0.05, 0.1) is 4.08 Å². The van der Waals surface area contributed by atoms with Crippen molar-refractivity contribution in [2.75, 3.05) is 11.5 Å². The van der Waals surface area contributed by atoms with Gasteiger partial charge in [-0.3, -0.25) is 14.3 Å². The maximum absolute atomic E-state index is 13.2. The van der Waals surface area contributed by atoms with E-state index in [4.69, 9.17) is 11.6 Å². The first-order valence-electron chi connectivity index (χ1n) is 8.92. The number of nitrogens with one attached hydrogen (secondary N) is 1. The lowest BCUT2D eigenvalue weighted by atomic mass is 9.84. The summed E-state index contributed by atoms with van der Waals surface area (Å²) in [6, 6.07) is 1.77. The summed E-state index contributed by atoms with van der Waals surface area (Å²) >= 11 is 10.6. The van der Waals surface area contributed by atoms with Crippen molar-refractivity contribution in [3.05, 3.63) is 55.5 Å². The number of hydrogen-bond acceptors (Lipinski definition) is 4. The first-order chi connectivity index (χ1) is 12.5. The van der Waals surface area contributed by atoms with Gasteiger partial charge in [0.15, 0.2) is 0 Å². The number of halogens is 1. The minimum Gasteiger partial charge on any atom is -0.302 e. The summed E-state index contributed by atoms with van der Waals surface area (Å²) in [5, 5.41) is 3.52. The lowest BCUT2D eigenvalue weighted by Gasteiger charge is -2.36. The van der Waals surface area contributed by atoms with E-state index in [-0.39, 0.29) is 21.0 Å². The zero-order valence-electron chi connectivity index (χ0n) is 14.9. The van der Waals surface area contributed by atoms with Gasteiger partial charge in [-0.2, -0.15) is 0 Å². The number of aromatic amines is 1. The molecule has 0 radical (unpaired) electrons. The Morgan fingerprint density at radius 2 is 2.08 bits per heavy atom. The second kappa shape index (κ2) is 6.80. The largest absolute Gasteiger partial charge is 0.302 e. The average molecular weight is 409 g/mol. The zero-order chi connectivity index (χ0) is 18.5. The highest BCUT2D eigenvalue weighted by Crippen LogP contribution is 2.59. The minimum absolute atomic E-state index is 0.0133. The predicted octanol–water partition coefficient (Wildman–Crippen LogP) is 4.36. The Balaban J connectivity index is 1.88. The van der Waals surface area contributed by atoms with E-state index in [1.165, 1.54) is 22.0 Å². The highest BCUT2D eigenvalue weighted by atomic mass is 35.5. The molecule has 2 aliphatic rings. The maximum Gasteiger partial charge on any atom is 0.277 e.